The molecule has 0 aliphatic heterocycles. The van der Waals surface area contributed by atoms with Crippen LogP contribution in [-0.4, -0.2) is 18.2 Å². The lowest BCUT2D eigenvalue weighted by Gasteiger charge is -2.13. The van der Waals surface area contributed by atoms with Crippen molar-refractivity contribution in [2.24, 2.45) is 0 Å². The molecule has 0 atom stereocenters. The zero-order valence-corrected chi connectivity index (χ0v) is 13.8. The Hall–Kier alpha value is -1.95. The van der Waals surface area contributed by atoms with E-state index in [9.17, 15) is 0 Å². The highest BCUT2D eigenvalue weighted by Crippen LogP contribution is 2.30. The standard InChI is InChI=1S/C15H18BrN3O2/c1-9(2)21-15-12(17)6-7-14(19-15)18-10-4-5-11(16)13(8-10)20-3/h4-9H,17H2,1-3H3,(H,18,19). The number of nitrogens with zero attached hydrogens (tertiary/aromatic N) is 1. The van der Waals surface area contributed by atoms with Crippen LogP contribution in [0.25, 0.3) is 0 Å². The van der Waals surface area contributed by atoms with Crippen LogP contribution in [0.15, 0.2) is 34.8 Å². The van der Waals surface area contributed by atoms with Gasteiger partial charge in [-0.05, 0) is 54.0 Å². The fraction of sp³-hybridized carbons (Fsp3) is 0.267. The largest absolute Gasteiger partial charge is 0.495 e. The van der Waals surface area contributed by atoms with Gasteiger partial charge < -0.3 is 20.5 Å². The van der Waals surface area contributed by atoms with Gasteiger partial charge in [-0.1, -0.05) is 0 Å². The average molecular weight is 352 g/mol. The second-order valence-corrected chi connectivity index (χ2v) is 5.59. The SMILES string of the molecule is COc1cc(Nc2ccc(N)c(OC(C)C)n2)ccc1Br. The molecule has 0 bridgehead atoms. The van der Waals surface area contributed by atoms with Crippen LogP contribution in [0.5, 0.6) is 11.6 Å². The van der Waals surface area contributed by atoms with Crippen molar-refractivity contribution in [2.75, 3.05) is 18.2 Å². The molecular weight excluding hydrogens is 334 g/mol. The quantitative estimate of drug-likeness (QED) is 0.852. The topological polar surface area (TPSA) is 69.4 Å². The Balaban J connectivity index is 2.23. The maximum absolute atomic E-state index is 5.86. The summed E-state index contributed by atoms with van der Waals surface area (Å²) in [7, 11) is 1.62. The van der Waals surface area contributed by atoms with E-state index in [2.05, 4.69) is 26.2 Å². The number of aromatic nitrogens is 1. The van der Waals surface area contributed by atoms with Gasteiger partial charge in [0.1, 0.15) is 11.6 Å². The molecule has 0 fully saturated rings. The van der Waals surface area contributed by atoms with Crippen LogP contribution < -0.4 is 20.5 Å². The Morgan fingerprint density at radius 3 is 2.67 bits per heavy atom. The maximum atomic E-state index is 5.86. The number of hydrogen-bond donors (Lipinski definition) is 2. The molecule has 1 heterocycles. The number of benzene rings is 1. The monoisotopic (exact) mass is 351 g/mol. The smallest absolute Gasteiger partial charge is 0.239 e. The lowest BCUT2D eigenvalue weighted by Crippen LogP contribution is -2.09. The molecule has 0 aliphatic rings. The summed E-state index contributed by atoms with van der Waals surface area (Å²) in [5.74, 6) is 1.83. The first-order valence-corrected chi connectivity index (χ1v) is 7.32. The Morgan fingerprint density at radius 1 is 1.24 bits per heavy atom. The molecule has 0 radical (unpaired) electrons. The van der Waals surface area contributed by atoms with Gasteiger partial charge in [-0.2, -0.15) is 4.98 Å². The summed E-state index contributed by atoms with van der Waals surface area (Å²) in [6, 6.07) is 9.28. The van der Waals surface area contributed by atoms with E-state index in [1.54, 1.807) is 19.2 Å². The molecule has 1 aromatic carbocycles. The third-order valence-corrected chi connectivity index (χ3v) is 3.32. The number of hydrogen-bond acceptors (Lipinski definition) is 5. The predicted molar refractivity (Wildman–Crippen MR) is 88.4 cm³/mol. The van der Waals surface area contributed by atoms with Crippen molar-refractivity contribution in [3.63, 3.8) is 0 Å². The zero-order chi connectivity index (χ0) is 15.4. The van der Waals surface area contributed by atoms with E-state index in [4.69, 9.17) is 15.2 Å². The Bertz CT molecular complexity index is 632. The molecule has 2 aromatic rings. The van der Waals surface area contributed by atoms with Crippen molar-refractivity contribution < 1.29 is 9.47 Å². The Labute approximate surface area is 132 Å². The number of ether oxygens (including phenoxy) is 2. The number of methoxy groups -OCH3 is 1. The fourth-order valence-electron chi connectivity index (χ4n) is 1.72. The molecule has 3 N–H and O–H groups in total. The van der Waals surface area contributed by atoms with Crippen molar-refractivity contribution in [3.8, 4) is 11.6 Å². The van der Waals surface area contributed by atoms with Crippen molar-refractivity contribution in [1.82, 2.24) is 4.98 Å². The van der Waals surface area contributed by atoms with Crippen molar-refractivity contribution >= 4 is 33.1 Å². The third kappa shape index (κ3) is 4.01. The molecule has 1 aromatic heterocycles. The highest BCUT2D eigenvalue weighted by Gasteiger charge is 2.08. The van der Waals surface area contributed by atoms with Gasteiger partial charge in [0.25, 0.3) is 0 Å². The molecular formula is C15H18BrN3O2. The minimum Gasteiger partial charge on any atom is -0.495 e. The van der Waals surface area contributed by atoms with Gasteiger partial charge in [0.05, 0.1) is 23.4 Å². The lowest BCUT2D eigenvalue weighted by atomic mass is 10.3. The molecule has 112 valence electrons. The van der Waals surface area contributed by atoms with E-state index in [1.807, 2.05) is 32.0 Å². The van der Waals surface area contributed by atoms with Crippen molar-refractivity contribution in [3.05, 3.63) is 34.8 Å². The van der Waals surface area contributed by atoms with Crippen LogP contribution in [0.2, 0.25) is 0 Å². The van der Waals surface area contributed by atoms with E-state index in [1.165, 1.54) is 0 Å². The summed E-state index contributed by atoms with van der Waals surface area (Å²) in [5, 5.41) is 3.20. The minimum absolute atomic E-state index is 0.0165. The van der Waals surface area contributed by atoms with Gasteiger partial charge in [0.15, 0.2) is 0 Å². The zero-order valence-electron chi connectivity index (χ0n) is 12.2. The van der Waals surface area contributed by atoms with Gasteiger partial charge in [-0.3, -0.25) is 0 Å². The van der Waals surface area contributed by atoms with Crippen LogP contribution in [0.4, 0.5) is 17.2 Å². The predicted octanol–water partition coefficient (Wildman–Crippen LogP) is 3.97. The van der Waals surface area contributed by atoms with Gasteiger partial charge in [-0.15, -0.1) is 0 Å². The number of anilines is 3. The molecule has 0 aliphatic carbocycles. The lowest BCUT2D eigenvalue weighted by molar-refractivity contribution is 0.234. The first-order valence-electron chi connectivity index (χ1n) is 6.53. The highest BCUT2D eigenvalue weighted by atomic mass is 79.9. The molecule has 21 heavy (non-hydrogen) atoms. The van der Waals surface area contributed by atoms with E-state index in [-0.39, 0.29) is 6.10 Å². The van der Waals surface area contributed by atoms with E-state index in [0.29, 0.717) is 17.4 Å². The molecule has 5 nitrogen and oxygen atoms in total. The third-order valence-electron chi connectivity index (χ3n) is 2.66. The van der Waals surface area contributed by atoms with E-state index < -0.39 is 0 Å². The summed E-state index contributed by atoms with van der Waals surface area (Å²) >= 11 is 3.42. The first-order chi connectivity index (χ1) is 9.99. The normalized spacial score (nSPS) is 10.5. The second kappa shape index (κ2) is 6.67. The van der Waals surface area contributed by atoms with E-state index >= 15 is 0 Å². The fourth-order valence-corrected chi connectivity index (χ4v) is 2.13. The first kappa shape index (κ1) is 15.4. The van der Waals surface area contributed by atoms with Crippen LogP contribution in [0.3, 0.4) is 0 Å². The number of halogens is 1. The second-order valence-electron chi connectivity index (χ2n) is 4.73. The van der Waals surface area contributed by atoms with Crippen LogP contribution in [-0.2, 0) is 0 Å². The van der Waals surface area contributed by atoms with Crippen molar-refractivity contribution in [1.29, 1.82) is 0 Å². The average Bonchev–Trinajstić information content (AvgIpc) is 2.44. The molecule has 0 saturated carbocycles. The molecule has 2 rings (SSSR count). The van der Waals surface area contributed by atoms with Gasteiger partial charge in [0, 0.05) is 11.8 Å². The summed E-state index contributed by atoms with van der Waals surface area (Å²) in [4.78, 5) is 4.37. The van der Waals surface area contributed by atoms with Crippen molar-refractivity contribution in [2.45, 2.75) is 20.0 Å². The molecule has 0 saturated heterocycles. The molecule has 0 spiro atoms. The highest BCUT2D eigenvalue weighted by molar-refractivity contribution is 9.10. The molecule has 0 amide bonds. The number of nitrogens with one attached hydrogen (secondary N) is 1. The minimum atomic E-state index is 0.0165. The Morgan fingerprint density at radius 2 is 2.00 bits per heavy atom. The summed E-state index contributed by atoms with van der Waals surface area (Å²) < 4.78 is 11.7. The number of nitrogen functional groups attached to an aromatic ring is 1. The van der Waals surface area contributed by atoms with Crippen LogP contribution in [0, 0.1) is 0 Å². The summed E-state index contributed by atoms with van der Waals surface area (Å²) in [5.41, 5.74) is 7.24. The van der Waals surface area contributed by atoms with Gasteiger partial charge >= 0.3 is 0 Å². The number of nitrogens with two attached hydrogens (primary N) is 1. The van der Waals surface area contributed by atoms with Gasteiger partial charge in [0.2, 0.25) is 5.88 Å². The maximum Gasteiger partial charge on any atom is 0.239 e. The van der Waals surface area contributed by atoms with Crippen LogP contribution in [0.1, 0.15) is 13.8 Å². The number of rotatable bonds is 5. The summed E-state index contributed by atoms with van der Waals surface area (Å²) in [6.07, 6.45) is 0.0165. The Kier molecular flexibility index (Phi) is 4.90. The number of pyridine rings is 1. The van der Waals surface area contributed by atoms with Gasteiger partial charge in [-0.25, -0.2) is 0 Å². The van der Waals surface area contributed by atoms with E-state index in [0.717, 1.165) is 15.9 Å². The summed E-state index contributed by atoms with van der Waals surface area (Å²) in [6.45, 7) is 3.86. The molecule has 6 heteroatoms. The van der Waals surface area contributed by atoms with Crippen LogP contribution >= 0.6 is 15.9 Å². The molecule has 0 unspecified atom stereocenters.